The van der Waals surface area contributed by atoms with E-state index in [0.29, 0.717) is 13.2 Å². The van der Waals surface area contributed by atoms with Gasteiger partial charge in [0.1, 0.15) is 6.04 Å². The fourth-order valence-electron chi connectivity index (χ4n) is 0.755. The first kappa shape index (κ1) is 12.6. The summed E-state index contributed by atoms with van der Waals surface area (Å²) in [5.41, 5.74) is 0. The molecule has 0 spiro atoms. The number of rotatable bonds is 6. The SMILES string of the molecule is CCOC(=O)C(C)NC/C=C/C(=O)O. The molecule has 2 N–H and O–H groups in total. The first-order valence-electron chi connectivity index (χ1n) is 4.37. The Morgan fingerprint density at radius 2 is 2.21 bits per heavy atom. The van der Waals surface area contributed by atoms with Crippen molar-refractivity contribution in [3.63, 3.8) is 0 Å². The lowest BCUT2D eigenvalue weighted by atomic mass is 10.3. The van der Waals surface area contributed by atoms with Gasteiger partial charge in [0, 0.05) is 12.6 Å². The zero-order chi connectivity index (χ0) is 11.0. The number of carboxylic acid groups (broad SMARTS) is 1. The minimum atomic E-state index is -1.00. The molecule has 14 heavy (non-hydrogen) atoms. The number of carboxylic acids is 1. The zero-order valence-corrected chi connectivity index (χ0v) is 8.32. The van der Waals surface area contributed by atoms with Crippen LogP contribution in [0.2, 0.25) is 0 Å². The molecule has 0 radical (unpaired) electrons. The van der Waals surface area contributed by atoms with E-state index in [-0.39, 0.29) is 5.97 Å². The lowest BCUT2D eigenvalue weighted by molar-refractivity contribution is -0.145. The summed E-state index contributed by atoms with van der Waals surface area (Å²) in [5.74, 6) is -1.34. The van der Waals surface area contributed by atoms with Crippen LogP contribution in [-0.4, -0.2) is 36.2 Å². The van der Waals surface area contributed by atoms with E-state index in [9.17, 15) is 9.59 Å². The van der Waals surface area contributed by atoms with Gasteiger partial charge in [-0.1, -0.05) is 6.08 Å². The van der Waals surface area contributed by atoms with Gasteiger partial charge in [-0.15, -0.1) is 0 Å². The number of hydrogen-bond acceptors (Lipinski definition) is 4. The summed E-state index contributed by atoms with van der Waals surface area (Å²) < 4.78 is 4.74. The summed E-state index contributed by atoms with van der Waals surface area (Å²) >= 11 is 0. The molecule has 0 fully saturated rings. The Morgan fingerprint density at radius 3 is 2.71 bits per heavy atom. The van der Waals surface area contributed by atoms with Crippen LogP contribution in [0.1, 0.15) is 13.8 Å². The van der Waals surface area contributed by atoms with Gasteiger partial charge in [0.15, 0.2) is 0 Å². The highest BCUT2D eigenvalue weighted by Gasteiger charge is 2.11. The first-order chi connectivity index (χ1) is 6.57. The van der Waals surface area contributed by atoms with Crippen LogP contribution in [0.25, 0.3) is 0 Å². The maximum absolute atomic E-state index is 11.0. The molecule has 0 aliphatic heterocycles. The Balaban J connectivity index is 3.68. The lowest BCUT2D eigenvalue weighted by Crippen LogP contribution is -2.35. The van der Waals surface area contributed by atoms with Crippen LogP contribution in [0.4, 0.5) is 0 Å². The molecular weight excluding hydrogens is 186 g/mol. The molecule has 0 aromatic heterocycles. The van der Waals surface area contributed by atoms with E-state index in [1.807, 2.05) is 0 Å². The Bertz CT molecular complexity index is 225. The van der Waals surface area contributed by atoms with Crippen molar-refractivity contribution in [1.82, 2.24) is 5.32 Å². The minimum Gasteiger partial charge on any atom is -0.478 e. The highest BCUT2D eigenvalue weighted by atomic mass is 16.5. The van der Waals surface area contributed by atoms with E-state index in [1.165, 1.54) is 6.08 Å². The molecule has 5 nitrogen and oxygen atoms in total. The number of hydrogen-bond donors (Lipinski definition) is 2. The van der Waals surface area contributed by atoms with E-state index in [4.69, 9.17) is 9.84 Å². The Morgan fingerprint density at radius 1 is 1.57 bits per heavy atom. The molecule has 1 unspecified atom stereocenters. The molecule has 0 aliphatic carbocycles. The Labute approximate surface area is 82.7 Å². The van der Waals surface area contributed by atoms with Crippen LogP contribution >= 0.6 is 0 Å². The molecule has 0 amide bonds. The van der Waals surface area contributed by atoms with Gasteiger partial charge in [0.05, 0.1) is 6.61 Å². The second-order valence-corrected chi connectivity index (χ2v) is 2.62. The van der Waals surface area contributed by atoms with E-state index in [2.05, 4.69) is 5.32 Å². The third-order valence-corrected chi connectivity index (χ3v) is 1.44. The third-order valence-electron chi connectivity index (χ3n) is 1.44. The number of ether oxygens (including phenoxy) is 1. The van der Waals surface area contributed by atoms with Gasteiger partial charge in [-0.3, -0.25) is 4.79 Å². The van der Waals surface area contributed by atoms with E-state index in [1.54, 1.807) is 13.8 Å². The number of esters is 1. The van der Waals surface area contributed by atoms with Gasteiger partial charge in [0.2, 0.25) is 0 Å². The van der Waals surface area contributed by atoms with Crippen molar-refractivity contribution in [1.29, 1.82) is 0 Å². The van der Waals surface area contributed by atoms with Crippen molar-refractivity contribution >= 4 is 11.9 Å². The molecule has 0 saturated carbocycles. The molecular formula is C9H15NO4. The Kier molecular flexibility index (Phi) is 6.39. The number of carbonyl (C=O) groups is 2. The van der Waals surface area contributed by atoms with E-state index in [0.717, 1.165) is 6.08 Å². The van der Waals surface area contributed by atoms with Gasteiger partial charge < -0.3 is 15.2 Å². The fourth-order valence-corrected chi connectivity index (χ4v) is 0.755. The molecule has 80 valence electrons. The van der Waals surface area contributed by atoms with Crippen LogP contribution < -0.4 is 5.32 Å². The minimum absolute atomic E-state index is 0.326. The molecule has 0 rings (SSSR count). The average molecular weight is 201 g/mol. The first-order valence-corrected chi connectivity index (χ1v) is 4.37. The summed E-state index contributed by atoms with van der Waals surface area (Å²) in [6.45, 7) is 4.06. The predicted molar refractivity (Wildman–Crippen MR) is 50.9 cm³/mol. The second-order valence-electron chi connectivity index (χ2n) is 2.62. The average Bonchev–Trinajstić information content (AvgIpc) is 2.12. The summed E-state index contributed by atoms with van der Waals surface area (Å²) in [5, 5.41) is 11.1. The van der Waals surface area contributed by atoms with Crippen LogP contribution in [0.15, 0.2) is 12.2 Å². The van der Waals surface area contributed by atoms with E-state index < -0.39 is 12.0 Å². The lowest BCUT2D eigenvalue weighted by Gasteiger charge is -2.10. The van der Waals surface area contributed by atoms with Crippen LogP contribution in [0.5, 0.6) is 0 Å². The molecule has 0 saturated heterocycles. The van der Waals surface area contributed by atoms with Crippen LogP contribution in [0.3, 0.4) is 0 Å². The topological polar surface area (TPSA) is 75.6 Å². The van der Waals surface area contributed by atoms with E-state index >= 15 is 0 Å². The van der Waals surface area contributed by atoms with Gasteiger partial charge >= 0.3 is 11.9 Å². The molecule has 1 atom stereocenters. The largest absolute Gasteiger partial charge is 0.478 e. The summed E-state index contributed by atoms with van der Waals surface area (Å²) in [6.07, 6.45) is 2.45. The van der Waals surface area contributed by atoms with Crippen molar-refractivity contribution < 1.29 is 19.4 Å². The molecule has 0 aromatic carbocycles. The van der Waals surface area contributed by atoms with Gasteiger partial charge in [-0.25, -0.2) is 4.79 Å². The van der Waals surface area contributed by atoms with Crippen LogP contribution in [-0.2, 0) is 14.3 Å². The van der Waals surface area contributed by atoms with Gasteiger partial charge in [-0.2, -0.15) is 0 Å². The molecule has 5 heteroatoms. The maximum atomic E-state index is 11.0. The highest BCUT2D eigenvalue weighted by Crippen LogP contribution is 1.87. The number of aliphatic carboxylic acids is 1. The third kappa shape index (κ3) is 6.19. The molecule has 0 heterocycles. The zero-order valence-electron chi connectivity index (χ0n) is 8.32. The fraction of sp³-hybridized carbons (Fsp3) is 0.556. The smallest absolute Gasteiger partial charge is 0.328 e. The quantitative estimate of drug-likeness (QED) is 0.473. The van der Waals surface area contributed by atoms with Crippen LogP contribution in [0, 0.1) is 0 Å². The van der Waals surface area contributed by atoms with Crippen molar-refractivity contribution in [3.8, 4) is 0 Å². The summed E-state index contributed by atoms with van der Waals surface area (Å²) in [6, 6.07) is -0.423. The maximum Gasteiger partial charge on any atom is 0.328 e. The highest BCUT2D eigenvalue weighted by molar-refractivity contribution is 5.79. The van der Waals surface area contributed by atoms with Crippen molar-refractivity contribution in [2.75, 3.05) is 13.2 Å². The molecule has 0 aliphatic rings. The number of nitrogens with one attached hydrogen (secondary N) is 1. The summed E-state index contributed by atoms with van der Waals surface area (Å²) in [7, 11) is 0. The summed E-state index contributed by atoms with van der Waals surface area (Å²) in [4.78, 5) is 21.1. The van der Waals surface area contributed by atoms with Gasteiger partial charge in [0.25, 0.3) is 0 Å². The Hall–Kier alpha value is -1.36. The predicted octanol–water partition coefficient (Wildman–Crippen LogP) is 0.168. The molecule has 0 bridgehead atoms. The van der Waals surface area contributed by atoms with Gasteiger partial charge in [-0.05, 0) is 13.8 Å². The standard InChI is InChI=1S/C9H15NO4/c1-3-14-9(13)7(2)10-6-4-5-8(11)12/h4-5,7,10H,3,6H2,1-2H3,(H,11,12)/b5-4+. The number of carbonyl (C=O) groups excluding carboxylic acids is 1. The van der Waals surface area contributed by atoms with Crippen molar-refractivity contribution in [2.45, 2.75) is 19.9 Å². The monoisotopic (exact) mass is 201 g/mol. The normalized spacial score (nSPS) is 12.7. The van der Waals surface area contributed by atoms with Crippen molar-refractivity contribution in [3.05, 3.63) is 12.2 Å². The second kappa shape index (κ2) is 7.08. The van der Waals surface area contributed by atoms with Crippen molar-refractivity contribution in [2.24, 2.45) is 0 Å². The molecule has 0 aromatic rings.